The zero-order chi connectivity index (χ0) is 22.0. The Hall–Kier alpha value is -2.70. The zero-order valence-corrected chi connectivity index (χ0v) is 20.3. The normalized spacial score (nSPS) is 14.8. The zero-order valence-electron chi connectivity index (χ0n) is 17.1. The average Bonchev–Trinajstić information content (AvgIpc) is 3.02. The minimum atomic E-state index is -0.143. The van der Waals surface area contributed by atoms with Crippen molar-refractivity contribution >= 4 is 55.2 Å². The summed E-state index contributed by atoms with van der Waals surface area (Å²) in [7, 11) is 0. The number of hydrogen-bond donors (Lipinski definition) is 0. The van der Waals surface area contributed by atoms with Crippen LogP contribution in [-0.4, -0.2) is 11.6 Å². The van der Waals surface area contributed by atoms with E-state index in [0.717, 1.165) is 31.5 Å². The number of rotatable bonds is 5. The topological polar surface area (TPSA) is 41.9 Å². The Morgan fingerprint density at radius 2 is 1.68 bits per heavy atom. The summed E-state index contributed by atoms with van der Waals surface area (Å²) in [5, 5.41) is 5.87. The number of benzene rings is 3. The minimum Gasteiger partial charge on any atom is -0.487 e. The molecule has 31 heavy (non-hydrogen) atoms. The Morgan fingerprint density at radius 1 is 0.968 bits per heavy atom. The van der Waals surface area contributed by atoms with Gasteiger partial charge in [0.25, 0.3) is 5.91 Å². The first-order chi connectivity index (χ1) is 14.9. The Morgan fingerprint density at radius 3 is 2.35 bits per heavy atom. The maximum Gasteiger partial charge on any atom is 0.280 e. The number of hydrazone groups is 1. The molecule has 0 bridgehead atoms. The predicted molar refractivity (Wildman–Crippen MR) is 132 cm³/mol. The molecule has 1 amide bonds. The number of anilines is 1. The van der Waals surface area contributed by atoms with Gasteiger partial charge in [-0.05, 0) is 87.2 Å². The molecule has 0 aromatic heterocycles. The number of carbonyl (C=O) groups is 1. The number of hydrogen-bond acceptors (Lipinski definition) is 3. The van der Waals surface area contributed by atoms with E-state index in [4.69, 9.17) is 4.74 Å². The molecule has 4 rings (SSSR count). The lowest BCUT2D eigenvalue weighted by Gasteiger charge is -2.12. The number of amides is 1. The van der Waals surface area contributed by atoms with Crippen molar-refractivity contribution < 1.29 is 9.53 Å². The van der Waals surface area contributed by atoms with Gasteiger partial charge < -0.3 is 4.74 Å². The van der Waals surface area contributed by atoms with Crippen molar-refractivity contribution in [3.8, 4) is 5.75 Å². The van der Waals surface area contributed by atoms with Crippen LogP contribution in [0.25, 0.3) is 6.08 Å². The molecule has 0 N–H and O–H groups in total. The molecule has 0 spiro atoms. The van der Waals surface area contributed by atoms with E-state index in [-0.39, 0.29) is 5.91 Å². The second-order valence-corrected chi connectivity index (χ2v) is 9.00. The molecule has 0 unspecified atom stereocenters. The quantitative estimate of drug-likeness (QED) is 0.331. The van der Waals surface area contributed by atoms with E-state index in [0.29, 0.717) is 17.9 Å². The van der Waals surface area contributed by atoms with Crippen LogP contribution in [0.1, 0.15) is 23.6 Å². The van der Waals surface area contributed by atoms with Crippen molar-refractivity contribution in [2.75, 3.05) is 5.01 Å². The third-order valence-electron chi connectivity index (χ3n) is 4.86. The highest BCUT2D eigenvalue weighted by Crippen LogP contribution is 2.36. The summed E-state index contributed by atoms with van der Waals surface area (Å²) in [6, 6.07) is 21.5. The van der Waals surface area contributed by atoms with Gasteiger partial charge in [-0.3, -0.25) is 4.79 Å². The van der Waals surface area contributed by atoms with E-state index >= 15 is 0 Å². The van der Waals surface area contributed by atoms with Crippen molar-refractivity contribution in [2.24, 2.45) is 5.10 Å². The van der Waals surface area contributed by atoms with Crippen LogP contribution in [0.5, 0.6) is 5.75 Å². The van der Waals surface area contributed by atoms with Crippen LogP contribution in [-0.2, 0) is 11.4 Å². The molecule has 0 atom stereocenters. The van der Waals surface area contributed by atoms with Gasteiger partial charge in [0.15, 0.2) is 0 Å². The first-order valence-electron chi connectivity index (χ1n) is 9.76. The van der Waals surface area contributed by atoms with Gasteiger partial charge in [-0.2, -0.15) is 10.1 Å². The van der Waals surface area contributed by atoms with Crippen LogP contribution in [0, 0.1) is 6.92 Å². The van der Waals surface area contributed by atoms with Crippen molar-refractivity contribution in [3.63, 3.8) is 0 Å². The highest BCUT2D eigenvalue weighted by Gasteiger charge is 2.28. The molecule has 0 fully saturated rings. The molecule has 3 aromatic carbocycles. The summed E-state index contributed by atoms with van der Waals surface area (Å²) >= 11 is 7.21. The first kappa shape index (κ1) is 21.5. The van der Waals surface area contributed by atoms with Gasteiger partial charge in [0.1, 0.15) is 12.4 Å². The van der Waals surface area contributed by atoms with Gasteiger partial charge in [0, 0.05) is 0 Å². The minimum absolute atomic E-state index is 0.143. The highest BCUT2D eigenvalue weighted by atomic mass is 79.9. The number of carbonyl (C=O) groups excluding carboxylic acids is 1. The third kappa shape index (κ3) is 4.81. The van der Waals surface area contributed by atoms with Crippen molar-refractivity contribution in [1.82, 2.24) is 0 Å². The lowest BCUT2D eigenvalue weighted by Crippen LogP contribution is -2.21. The standard InChI is InChI=1S/C25H20Br2N2O2/c1-16-7-6-8-18(11-16)15-31-24-22(26)13-19(14-23(24)27)12-21-17(2)28-29(25(21)30)20-9-4-3-5-10-20/h3-14H,15H2,1-2H3/b21-12+. The summed E-state index contributed by atoms with van der Waals surface area (Å²) < 4.78 is 7.65. The molecule has 1 heterocycles. The molecule has 0 saturated carbocycles. The lowest BCUT2D eigenvalue weighted by molar-refractivity contribution is -0.114. The number of aryl methyl sites for hydroxylation is 1. The fourth-order valence-corrected chi connectivity index (χ4v) is 4.80. The SMILES string of the molecule is CC1=NN(c2ccccc2)C(=O)/C1=C/c1cc(Br)c(OCc2cccc(C)c2)c(Br)c1. The maximum atomic E-state index is 12.9. The van der Waals surface area contributed by atoms with Gasteiger partial charge in [-0.25, -0.2) is 0 Å². The average molecular weight is 540 g/mol. The van der Waals surface area contributed by atoms with E-state index in [2.05, 4.69) is 56.0 Å². The van der Waals surface area contributed by atoms with Crippen LogP contribution < -0.4 is 9.75 Å². The van der Waals surface area contributed by atoms with Crippen LogP contribution in [0.2, 0.25) is 0 Å². The van der Waals surface area contributed by atoms with Gasteiger partial charge >= 0.3 is 0 Å². The van der Waals surface area contributed by atoms with Crippen LogP contribution in [0.3, 0.4) is 0 Å². The fraction of sp³-hybridized carbons (Fsp3) is 0.120. The smallest absolute Gasteiger partial charge is 0.280 e. The summed E-state index contributed by atoms with van der Waals surface area (Å²) in [6.07, 6.45) is 1.85. The molecule has 156 valence electrons. The second-order valence-electron chi connectivity index (χ2n) is 7.29. The van der Waals surface area contributed by atoms with E-state index in [1.807, 2.05) is 67.6 Å². The highest BCUT2D eigenvalue weighted by molar-refractivity contribution is 9.11. The number of halogens is 2. The second kappa shape index (κ2) is 9.20. The third-order valence-corrected chi connectivity index (χ3v) is 6.04. The van der Waals surface area contributed by atoms with Gasteiger partial charge in [0.2, 0.25) is 0 Å². The fourth-order valence-electron chi connectivity index (χ4n) is 3.35. The maximum absolute atomic E-state index is 12.9. The Bertz CT molecular complexity index is 1180. The molecule has 4 nitrogen and oxygen atoms in total. The van der Waals surface area contributed by atoms with Crippen molar-refractivity contribution in [1.29, 1.82) is 0 Å². The number of ether oxygens (including phenoxy) is 1. The molecule has 0 saturated heterocycles. The molecule has 3 aromatic rings. The van der Waals surface area contributed by atoms with Gasteiger partial charge in [-0.1, -0.05) is 48.0 Å². The monoisotopic (exact) mass is 538 g/mol. The van der Waals surface area contributed by atoms with E-state index in [1.54, 1.807) is 0 Å². The molecule has 0 aliphatic carbocycles. The van der Waals surface area contributed by atoms with E-state index < -0.39 is 0 Å². The lowest BCUT2D eigenvalue weighted by atomic mass is 10.1. The number of nitrogens with zero attached hydrogens (tertiary/aromatic N) is 2. The number of para-hydroxylation sites is 1. The Balaban J connectivity index is 1.56. The Kier molecular flexibility index (Phi) is 6.39. The van der Waals surface area contributed by atoms with Gasteiger partial charge in [-0.15, -0.1) is 0 Å². The van der Waals surface area contributed by atoms with E-state index in [1.165, 1.54) is 10.6 Å². The summed E-state index contributed by atoms with van der Waals surface area (Å²) in [4.78, 5) is 12.9. The summed E-state index contributed by atoms with van der Waals surface area (Å²) in [6.45, 7) is 4.37. The molecular weight excluding hydrogens is 520 g/mol. The largest absolute Gasteiger partial charge is 0.487 e. The molecule has 1 aliphatic rings. The molecule has 0 radical (unpaired) electrons. The molecular formula is C25H20Br2N2O2. The van der Waals surface area contributed by atoms with Crippen molar-refractivity contribution in [3.05, 3.63) is 97.9 Å². The van der Waals surface area contributed by atoms with Crippen LogP contribution in [0.4, 0.5) is 5.69 Å². The molecule has 1 aliphatic heterocycles. The van der Waals surface area contributed by atoms with Gasteiger partial charge in [0.05, 0.1) is 25.9 Å². The predicted octanol–water partition coefficient (Wildman–Crippen LogP) is 6.91. The van der Waals surface area contributed by atoms with Crippen molar-refractivity contribution in [2.45, 2.75) is 20.5 Å². The summed E-state index contributed by atoms with van der Waals surface area (Å²) in [5.74, 6) is 0.577. The van der Waals surface area contributed by atoms with Crippen LogP contribution >= 0.6 is 31.9 Å². The first-order valence-corrected chi connectivity index (χ1v) is 11.3. The van der Waals surface area contributed by atoms with E-state index in [9.17, 15) is 4.79 Å². The van der Waals surface area contributed by atoms with Crippen LogP contribution in [0.15, 0.2) is 86.3 Å². The molecule has 6 heteroatoms. The summed E-state index contributed by atoms with van der Waals surface area (Å²) in [5.41, 5.74) is 5.17. The Labute approximate surface area is 198 Å².